The van der Waals surface area contributed by atoms with Gasteiger partial charge in [0.2, 0.25) is 0 Å². The number of ether oxygens (including phenoxy) is 1. The summed E-state index contributed by atoms with van der Waals surface area (Å²) in [6.45, 7) is 0. The number of aromatic nitrogens is 1. The molecule has 0 aliphatic heterocycles. The van der Waals surface area contributed by atoms with Crippen LogP contribution in [-0.4, -0.2) is 22.3 Å². The summed E-state index contributed by atoms with van der Waals surface area (Å²) in [5.41, 5.74) is 8.13. The van der Waals surface area contributed by atoms with Gasteiger partial charge in [-0.25, -0.2) is 0 Å². The predicted molar refractivity (Wildman–Crippen MR) is 98.0 cm³/mol. The number of nitrogens with zero attached hydrogens (tertiary/aromatic N) is 2. The summed E-state index contributed by atoms with van der Waals surface area (Å²) in [6, 6.07) is 3.49. The topological polar surface area (TPSA) is 89.6 Å². The van der Waals surface area contributed by atoms with Gasteiger partial charge in [-0.2, -0.15) is 5.10 Å². The van der Waals surface area contributed by atoms with Gasteiger partial charge in [0.25, 0.3) is 0 Å². The van der Waals surface area contributed by atoms with Crippen molar-refractivity contribution in [1.29, 1.82) is 0 Å². The first-order chi connectivity index (χ1) is 12.0. The minimum Gasteiger partial charge on any atom is -0.424 e. The van der Waals surface area contributed by atoms with Gasteiger partial charge in [-0.15, -0.1) is 0 Å². The van der Waals surface area contributed by atoms with Crippen LogP contribution in [0.3, 0.4) is 0 Å². The van der Waals surface area contributed by atoms with Crippen molar-refractivity contribution in [3.63, 3.8) is 0 Å². The number of nitrogens with two attached hydrogens (primary N) is 1. The molecule has 1 aromatic heterocycles. The first kappa shape index (κ1) is 16.4. The maximum Gasteiger partial charge on any atom is 0.317 e. The lowest BCUT2D eigenvalue weighted by molar-refractivity contribution is -0.161. The average Bonchev–Trinajstić information content (AvgIpc) is 2.55. The van der Waals surface area contributed by atoms with Crippen LogP contribution in [0.5, 0.6) is 5.75 Å². The number of hydrogen-bond donors (Lipinski definition) is 2. The lowest BCUT2D eigenvalue weighted by Crippen LogP contribution is -2.51. The van der Waals surface area contributed by atoms with Gasteiger partial charge in [-0.3, -0.25) is 15.2 Å². The first-order valence-electron chi connectivity index (χ1n) is 8.79. The molecule has 0 saturated heterocycles. The summed E-state index contributed by atoms with van der Waals surface area (Å²) in [7, 11) is 0. The van der Waals surface area contributed by atoms with E-state index in [4.69, 9.17) is 10.5 Å². The normalized spacial score (nSPS) is 32.7. The number of thiocarbonyl (C=S) groups is 1. The molecule has 25 heavy (non-hydrogen) atoms. The molecule has 0 aromatic carbocycles. The Hall–Kier alpha value is -2.02. The maximum atomic E-state index is 12.9. The van der Waals surface area contributed by atoms with Crippen LogP contribution in [0.15, 0.2) is 23.4 Å². The van der Waals surface area contributed by atoms with Crippen molar-refractivity contribution >= 4 is 29.5 Å². The smallest absolute Gasteiger partial charge is 0.317 e. The van der Waals surface area contributed by atoms with Crippen LogP contribution in [0, 0.1) is 23.2 Å². The molecule has 0 spiro atoms. The highest BCUT2D eigenvalue weighted by Crippen LogP contribution is 2.60. The van der Waals surface area contributed by atoms with Crippen molar-refractivity contribution in [3.05, 3.63) is 24.0 Å². The summed E-state index contributed by atoms with van der Waals surface area (Å²) in [4.78, 5) is 17.1. The number of rotatable bonds is 4. The molecule has 0 radical (unpaired) electrons. The molecular formula is C18H22N4O2S. The zero-order chi connectivity index (χ0) is 17.4. The molecule has 5 rings (SSSR count). The molecule has 3 N–H and O–H groups in total. The Morgan fingerprint density at radius 3 is 2.44 bits per heavy atom. The maximum absolute atomic E-state index is 12.9. The Morgan fingerprint density at radius 2 is 1.92 bits per heavy atom. The van der Waals surface area contributed by atoms with E-state index in [-0.39, 0.29) is 16.5 Å². The molecule has 132 valence electrons. The average molecular weight is 358 g/mol. The SMILES string of the molecule is NC(=S)NN=Cc1ccc(OC(=O)C23CC4CC(CC(C4)C2)C3)cn1. The molecule has 0 unspecified atom stereocenters. The van der Waals surface area contributed by atoms with Gasteiger partial charge in [-0.1, -0.05) is 0 Å². The molecule has 7 heteroatoms. The fourth-order valence-electron chi connectivity index (χ4n) is 5.27. The minimum atomic E-state index is -0.254. The highest BCUT2D eigenvalue weighted by Gasteiger charge is 2.55. The summed E-state index contributed by atoms with van der Waals surface area (Å²) in [5, 5.41) is 3.94. The quantitative estimate of drug-likeness (QED) is 0.372. The van der Waals surface area contributed by atoms with Crippen LogP contribution in [0.2, 0.25) is 0 Å². The Kier molecular flexibility index (Phi) is 4.19. The summed E-state index contributed by atoms with van der Waals surface area (Å²) >= 11 is 4.66. The molecule has 4 saturated carbocycles. The van der Waals surface area contributed by atoms with Crippen molar-refractivity contribution in [2.24, 2.45) is 34.0 Å². The van der Waals surface area contributed by atoms with E-state index in [9.17, 15) is 4.79 Å². The lowest BCUT2D eigenvalue weighted by atomic mass is 9.49. The highest BCUT2D eigenvalue weighted by molar-refractivity contribution is 7.80. The Bertz CT molecular complexity index is 681. The van der Waals surface area contributed by atoms with Crippen LogP contribution in [0.1, 0.15) is 44.2 Å². The standard InChI is InChI=1S/C18H22N4O2S/c19-17(25)22-21-9-14-1-2-15(10-20-14)24-16(23)18-6-11-3-12(7-18)5-13(4-11)8-18/h1-2,9-13H,3-8H2,(H3,19,22,25). The molecule has 4 bridgehead atoms. The molecule has 1 heterocycles. The van der Waals surface area contributed by atoms with E-state index in [1.807, 2.05) is 0 Å². The van der Waals surface area contributed by atoms with Crippen LogP contribution in [0.25, 0.3) is 0 Å². The zero-order valence-electron chi connectivity index (χ0n) is 14.0. The summed E-state index contributed by atoms with van der Waals surface area (Å²) in [5.74, 6) is 2.58. The van der Waals surface area contributed by atoms with E-state index < -0.39 is 0 Å². The van der Waals surface area contributed by atoms with E-state index in [1.165, 1.54) is 25.5 Å². The Morgan fingerprint density at radius 1 is 1.28 bits per heavy atom. The van der Waals surface area contributed by atoms with Crippen LogP contribution in [0.4, 0.5) is 0 Å². The van der Waals surface area contributed by atoms with Crippen LogP contribution >= 0.6 is 12.2 Å². The Balaban J connectivity index is 1.41. The van der Waals surface area contributed by atoms with Crippen molar-refractivity contribution < 1.29 is 9.53 Å². The number of hydrogen-bond acceptors (Lipinski definition) is 5. The fourth-order valence-corrected chi connectivity index (χ4v) is 5.32. The molecule has 4 aliphatic carbocycles. The minimum absolute atomic E-state index is 0.0648. The van der Waals surface area contributed by atoms with Crippen LogP contribution < -0.4 is 15.9 Å². The third-order valence-corrected chi connectivity index (χ3v) is 5.90. The van der Waals surface area contributed by atoms with E-state index in [0.29, 0.717) is 11.4 Å². The molecule has 0 amide bonds. The third-order valence-electron chi connectivity index (χ3n) is 5.81. The first-order valence-corrected chi connectivity index (χ1v) is 9.20. The molecule has 4 aliphatic rings. The van der Waals surface area contributed by atoms with E-state index in [1.54, 1.807) is 18.3 Å². The fraction of sp³-hybridized carbons (Fsp3) is 0.556. The van der Waals surface area contributed by atoms with E-state index >= 15 is 0 Å². The largest absolute Gasteiger partial charge is 0.424 e. The molecule has 6 nitrogen and oxygen atoms in total. The number of carbonyl (C=O) groups excluding carboxylic acids is 1. The van der Waals surface area contributed by atoms with Gasteiger partial charge < -0.3 is 10.5 Å². The molecule has 0 atom stereocenters. The van der Waals surface area contributed by atoms with Crippen molar-refractivity contribution in [2.75, 3.05) is 0 Å². The van der Waals surface area contributed by atoms with Crippen LogP contribution in [-0.2, 0) is 4.79 Å². The van der Waals surface area contributed by atoms with E-state index in [0.717, 1.165) is 37.0 Å². The van der Waals surface area contributed by atoms with Gasteiger partial charge in [0.05, 0.1) is 23.5 Å². The van der Waals surface area contributed by atoms with Gasteiger partial charge >= 0.3 is 5.97 Å². The second-order valence-electron chi connectivity index (χ2n) is 7.74. The number of esters is 1. The second kappa shape index (κ2) is 6.37. The molecule has 1 aromatic rings. The number of carbonyl (C=O) groups is 1. The monoisotopic (exact) mass is 358 g/mol. The van der Waals surface area contributed by atoms with Gasteiger partial charge in [0.15, 0.2) is 5.11 Å². The van der Waals surface area contributed by atoms with Crippen molar-refractivity contribution in [3.8, 4) is 5.75 Å². The predicted octanol–water partition coefficient (Wildman–Crippen LogP) is 2.37. The number of hydrazone groups is 1. The lowest BCUT2D eigenvalue weighted by Gasteiger charge is -2.55. The highest BCUT2D eigenvalue weighted by atomic mass is 32.1. The van der Waals surface area contributed by atoms with Crippen molar-refractivity contribution in [1.82, 2.24) is 10.4 Å². The van der Waals surface area contributed by atoms with Crippen molar-refractivity contribution in [2.45, 2.75) is 38.5 Å². The number of nitrogens with one attached hydrogen (secondary N) is 1. The summed E-state index contributed by atoms with van der Waals surface area (Å²) in [6.07, 6.45) is 9.99. The Labute approximate surface area is 152 Å². The molecular weight excluding hydrogens is 336 g/mol. The van der Waals surface area contributed by atoms with Gasteiger partial charge in [0.1, 0.15) is 5.75 Å². The zero-order valence-corrected chi connectivity index (χ0v) is 14.8. The van der Waals surface area contributed by atoms with Gasteiger partial charge in [0, 0.05) is 0 Å². The summed E-state index contributed by atoms with van der Waals surface area (Å²) < 4.78 is 5.69. The molecule has 4 fully saturated rings. The third kappa shape index (κ3) is 3.38. The van der Waals surface area contributed by atoms with E-state index in [2.05, 4.69) is 27.7 Å². The second-order valence-corrected chi connectivity index (χ2v) is 8.18. The number of pyridine rings is 1. The van der Waals surface area contributed by atoms with Gasteiger partial charge in [-0.05, 0) is 80.6 Å².